The fourth-order valence-corrected chi connectivity index (χ4v) is 1.77. The number of aromatic nitrogens is 2. The van der Waals surface area contributed by atoms with Gasteiger partial charge >= 0.3 is 0 Å². The van der Waals surface area contributed by atoms with Gasteiger partial charge in [0.15, 0.2) is 0 Å². The number of hydrogen-bond donors (Lipinski definition) is 2. The number of nitrogen functional groups attached to an aromatic ring is 1. The van der Waals surface area contributed by atoms with Gasteiger partial charge in [-0.05, 0) is 25.7 Å². The zero-order chi connectivity index (χ0) is 13.0. The second-order valence-electron chi connectivity index (χ2n) is 4.69. The summed E-state index contributed by atoms with van der Waals surface area (Å²) in [4.78, 5) is 0. The Balaban J connectivity index is 2.67. The fourth-order valence-electron chi connectivity index (χ4n) is 1.77. The summed E-state index contributed by atoms with van der Waals surface area (Å²) in [5.74, 6) is 1.28. The van der Waals surface area contributed by atoms with Crippen molar-refractivity contribution in [1.29, 1.82) is 5.41 Å². The van der Waals surface area contributed by atoms with Crippen molar-refractivity contribution >= 4 is 5.84 Å². The van der Waals surface area contributed by atoms with Crippen LogP contribution in [0, 0.1) is 18.3 Å². The van der Waals surface area contributed by atoms with Gasteiger partial charge in [0.2, 0.25) is 5.88 Å². The van der Waals surface area contributed by atoms with E-state index in [-0.39, 0.29) is 5.84 Å². The van der Waals surface area contributed by atoms with Crippen LogP contribution in [0.1, 0.15) is 37.9 Å². The molecule has 0 unspecified atom stereocenters. The molecule has 0 aliphatic heterocycles. The summed E-state index contributed by atoms with van der Waals surface area (Å²) >= 11 is 0. The number of rotatable bonds is 6. The van der Waals surface area contributed by atoms with Gasteiger partial charge in [-0.3, -0.25) is 5.41 Å². The van der Waals surface area contributed by atoms with Gasteiger partial charge in [-0.1, -0.05) is 13.8 Å². The van der Waals surface area contributed by atoms with E-state index in [2.05, 4.69) is 18.9 Å². The first-order valence-electron chi connectivity index (χ1n) is 5.94. The summed E-state index contributed by atoms with van der Waals surface area (Å²) in [6, 6.07) is 0. The molecule has 5 heteroatoms. The van der Waals surface area contributed by atoms with Crippen molar-refractivity contribution in [1.82, 2.24) is 9.78 Å². The summed E-state index contributed by atoms with van der Waals surface area (Å²) in [6.45, 7) is 6.85. The standard InChI is InChI=1S/C12H22N4O/c1-8(2)6-5-7-17-12-10(11(13)14)9(3)15-16(12)4/h8H,5-7H2,1-4H3,(H3,13,14). The molecule has 0 aromatic carbocycles. The van der Waals surface area contributed by atoms with Crippen molar-refractivity contribution in [2.75, 3.05) is 6.61 Å². The molecule has 3 N–H and O–H groups in total. The number of aryl methyl sites for hydroxylation is 2. The smallest absolute Gasteiger partial charge is 0.223 e. The van der Waals surface area contributed by atoms with E-state index in [9.17, 15) is 0 Å². The van der Waals surface area contributed by atoms with Gasteiger partial charge in [-0.2, -0.15) is 5.10 Å². The van der Waals surface area contributed by atoms with E-state index >= 15 is 0 Å². The van der Waals surface area contributed by atoms with Gasteiger partial charge in [0.05, 0.1) is 12.3 Å². The van der Waals surface area contributed by atoms with Gasteiger partial charge < -0.3 is 10.5 Å². The first-order valence-corrected chi connectivity index (χ1v) is 5.94. The molecule has 17 heavy (non-hydrogen) atoms. The van der Waals surface area contributed by atoms with Gasteiger partial charge in [0, 0.05) is 7.05 Å². The fraction of sp³-hybridized carbons (Fsp3) is 0.667. The van der Waals surface area contributed by atoms with Crippen LogP contribution >= 0.6 is 0 Å². The first-order chi connectivity index (χ1) is 7.93. The van der Waals surface area contributed by atoms with Crippen LogP contribution in [0.5, 0.6) is 5.88 Å². The Kier molecular flexibility index (Phi) is 4.54. The molecule has 1 heterocycles. The van der Waals surface area contributed by atoms with Crippen molar-refractivity contribution in [3.63, 3.8) is 0 Å². The highest BCUT2D eigenvalue weighted by Crippen LogP contribution is 2.21. The maximum absolute atomic E-state index is 7.52. The number of nitrogens with two attached hydrogens (primary N) is 1. The van der Waals surface area contributed by atoms with Crippen LogP contribution in [-0.2, 0) is 7.05 Å². The van der Waals surface area contributed by atoms with Crippen molar-refractivity contribution in [3.8, 4) is 5.88 Å². The largest absolute Gasteiger partial charge is 0.477 e. The number of nitrogens with zero attached hydrogens (tertiary/aromatic N) is 2. The maximum Gasteiger partial charge on any atom is 0.223 e. The lowest BCUT2D eigenvalue weighted by atomic mass is 10.1. The summed E-state index contributed by atoms with van der Waals surface area (Å²) in [5, 5.41) is 11.7. The van der Waals surface area contributed by atoms with Crippen LogP contribution in [0.2, 0.25) is 0 Å². The highest BCUT2D eigenvalue weighted by atomic mass is 16.5. The SMILES string of the molecule is Cc1nn(C)c(OCCCC(C)C)c1C(=N)N. The highest BCUT2D eigenvalue weighted by molar-refractivity contribution is 5.98. The van der Waals surface area contributed by atoms with Crippen LogP contribution in [0.25, 0.3) is 0 Å². The zero-order valence-electron chi connectivity index (χ0n) is 11.1. The molecule has 0 aliphatic carbocycles. The number of nitrogens with one attached hydrogen (secondary N) is 1. The normalized spacial score (nSPS) is 10.9. The molecule has 0 saturated carbocycles. The molecule has 1 aromatic rings. The Morgan fingerprint density at radius 2 is 2.18 bits per heavy atom. The molecule has 0 radical (unpaired) electrons. The highest BCUT2D eigenvalue weighted by Gasteiger charge is 2.16. The maximum atomic E-state index is 7.52. The van der Waals surface area contributed by atoms with Crippen LogP contribution in [0.15, 0.2) is 0 Å². The molecule has 96 valence electrons. The minimum Gasteiger partial charge on any atom is -0.477 e. The Bertz CT molecular complexity index is 395. The molecule has 0 atom stereocenters. The van der Waals surface area contributed by atoms with Crippen LogP contribution in [-0.4, -0.2) is 22.2 Å². The minimum absolute atomic E-state index is 0.00876. The first kappa shape index (κ1) is 13.5. The molecular formula is C12H22N4O. The summed E-state index contributed by atoms with van der Waals surface area (Å²) < 4.78 is 7.32. The van der Waals surface area contributed by atoms with Crippen LogP contribution in [0.4, 0.5) is 0 Å². The van der Waals surface area contributed by atoms with Crippen molar-refractivity contribution in [2.45, 2.75) is 33.6 Å². The average molecular weight is 238 g/mol. The molecule has 1 aromatic heterocycles. The monoisotopic (exact) mass is 238 g/mol. The number of ether oxygens (including phenoxy) is 1. The third kappa shape index (κ3) is 3.47. The molecule has 0 fully saturated rings. The molecule has 5 nitrogen and oxygen atoms in total. The van der Waals surface area contributed by atoms with E-state index in [4.69, 9.17) is 15.9 Å². The average Bonchev–Trinajstić information content (AvgIpc) is 2.48. The predicted octanol–water partition coefficient (Wildman–Crippen LogP) is 1.83. The minimum atomic E-state index is 0.00876. The molecular weight excluding hydrogens is 216 g/mol. The predicted molar refractivity (Wildman–Crippen MR) is 68.5 cm³/mol. The molecule has 0 aliphatic rings. The third-order valence-electron chi connectivity index (χ3n) is 2.60. The van der Waals surface area contributed by atoms with Gasteiger partial charge in [0.25, 0.3) is 0 Å². The lowest BCUT2D eigenvalue weighted by Gasteiger charge is -2.09. The quantitative estimate of drug-likeness (QED) is 0.451. The third-order valence-corrected chi connectivity index (χ3v) is 2.60. The van der Waals surface area contributed by atoms with Crippen LogP contribution < -0.4 is 10.5 Å². The molecule has 0 bridgehead atoms. The Morgan fingerprint density at radius 1 is 1.53 bits per heavy atom. The van der Waals surface area contributed by atoms with Crippen molar-refractivity contribution in [2.24, 2.45) is 18.7 Å². The second kappa shape index (κ2) is 5.70. The molecule has 0 amide bonds. The van der Waals surface area contributed by atoms with E-state index in [1.807, 2.05) is 6.92 Å². The number of hydrogen-bond acceptors (Lipinski definition) is 3. The topological polar surface area (TPSA) is 76.9 Å². The summed E-state index contributed by atoms with van der Waals surface area (Å²) in [5.41, 5.74) is 6.87. The summed E-state index contributed by atoms with van der Waals surface area (Å²) in [6.07, 6.45) is 2.13. The van der Waals surface area contributed by atoms with Gasteiger partial charge in [-0.15, -0.1) is 0 Å². The van der Waals surface area contributed by atoms with Crippen LogP contribution in [0.3, 0.4) is 0 Å². The molecule has 0 spiro atoms. The van der Waals surface area contributed by atoms with E-state index in [1.165, 1.54) is 0 Å². The Morgan fingerprint density at radius 3 is 2.71 bits per heavy atom. The number of amidine groups is 1. The van der Waals surface area contributed by atoms with Gasteiger partial charge in [-0.25, -0.2) is 4.68 Å². The molecule has 0 saturated heterocycles. The van der Waals surface area contributed by atoms with E-state index in [0.717, 1.165) is 18.5 Å². The second-order valence-corrected chi connectivity index (χ2v) is 4.69. The van der Waals surface area contributed by atoms with Gasteiger partial charge in [0.1, 0.15) is 11.4 Å². The summed E-state index contributed by atoms with van der Waals surface area (Å²) in [7, 11) is 1.80. The van der Waals surface area contributed by atoms with E-state index in [1.54, 1.807) is 11.7 Å². The zero-order valence-corrected chi connectivity index (χ0v) is 11.1. The van der Waals surface area contributed by atoms with E-state index < -0.39 is 0 Å². The lowest BCUT2D eigenvalue weighted by molar-refractivity contribution is 0.273. The van der Waals surface area contributed by atoms with Crippen molar-refractivity contribution < 1.29 is 4.74 Å². The molecule has 1 rings (SSSR count). The Hall–Kier alpha value is -1.52. The lowest BCUT2D eigenvalue weighted by Crippen LogP contribution is -2.14. The van der Waals surface area contributed by atoms with E-state index in [0.29, 0.717) is 24.0 Å². The Labute approximate surface area is 102 Å². The van der Waals surface area contributed by atoms with Crippen molar-refractivity contribution in [3.05, 3.63) is 11.3 Å².